The first-order chi connectivity index (χ1) is 3.85. The van der Waals surface area contributed by atoms with Gasteiger partial charge in [0.2, 0.25) is 0 Å². The van der Waals surface area contributed by atoms with Crippen LogP contribution in [0.15, 0.2) is 5.57 Å². The average Bonchev–Trinajstić information content (AvgIpc) is 1.83. The molecule has 0 aliphatic carbocycles. The van der Waals surface area contributed by atoms with Crippen LogP contribution >= 0.6 is 0 Å². The van der Waals surface area contributed by atoms with Gasteiger partial charge in [-0.25, -0.2) is 0 Å². The quantitative estimate of drug-likeness (QED) is 0.525. The van der Waals surface area contributed by atoms with Crippen LogP contribution in [0.2, 0.25) is 0 Å². The Bertz CT molecular complexity index is 70.1. The van der Waals surface area contributed by atoms with Crippen LogP contribution in [0, 0.1) is 6.08 Å². The van der Waals surface area contributed by atoms with Gasteiger partial charge < -0.3 is 0 Å². The largest absolute Gasteiger partial charge is 0.0673 e. The Morgan fingerprint density at radius 3 is 2.12 bits per heavy atom. The molecule has 0 N–H and O–H groups in total. The molecule has 0 aliphatic rings. The Kier molecular flexibility index (Phi) is 4.73. The van der Waals surface area contributed by atoms with E-state index in [1.165, 1.54) is 24.8 Å². The maximum absolute atomic E-state index is 3.17. The summed E-state index contributed by atoms with van der Waals surface area (Å²) in [5, 5.41) is 0. The molecule has 0 nitrogen and oxygen atoms in total. The minimum absolute atomic E-state index is 1.17. The van der Waals surface area contributed by atoms with Crippen molar-refractivity contribution in [3.63, 3.8) is 0 Å². The second-order valence-corrected chi connectivity index (χ2v) is 1.96. The van der Waals surface area contributed by atoms with Crippen LogP contribution in [0.5, 0.6) is 0 Å². The lowest BCUT2D eigenvalue weighted by Crippen LogP contribution is -1.77. The molecule has 8 heavy (non-hydrogen) atoms. The molecule has 1 radical (unpaired) electrons. The van der Waals surface area contributed by atoms with Crippen molar-refractivity contribution in [2.24, 2.45) is 0 Å². The molecule has 0 aromatic rings. The normalized spacial score (nSPS) is 12.1. The van der Waals surface area contributed by atoms with Gasteiger partial charge in [0.1, 0.15) is 0 Å². The molecule has 0 rings (SSSR count). The minimum Gasteiger partial charge on any atom is -0.0673 e. The highest BCUT2D eigenvalue weighted by atomic mass is 13.9. The van der Waals surface area contributed by atoms with E-state index in [1.807, 2.05) is 6.92 Å². The Labute approximate surface area is 52.6 Å². The third-order valence-electron chi connectivity index (χ3n) is 1.33. The van der Waals surface area contributed by atoms with Crippen molar-refractivity contribution in [3.8, 4) is 0 Å². The molecule has 0 aromatic heterocycles. The maximum Gasteiger partial charge on any atom is -0.0317 e. The predicted molar refractivity (Wildman–Crippen MR) is 37.6 cm³/mol. The summed E-state index contributed by atoms with van der Waals surface area (Å²) in [6.07, 6.45) is 6.82. The molecule has 0 aliphatic heterocycles. The van der Waals surface area contributed by atoms with Crippen LogP contribution in [-0.2, 0) is 0 Å². The highest BCUT2D eigenvalue weighted by Gasteiger charge is 1.87. The van der Waals surface area contributed by atoms with Gasteiger partial charge in [0, 0.05) is 0 Å². The number of rotatable bonds is 3. The van der Waals surface area contributed by atoms with E-state index in [4.69, 9.17) is 0 Å². The Balaban J connectivity index is 3.38. The van der Waals surface area contributed by atoms with Crippen LogP contribution in [0.4, 0.5) is 0 Å². The maximum atomic E-state index is 3.17. The standard InChI is InChI=1S/C8H15/c1-4-7-8(5-2)6-3/h4-5,7H2,1-3H3. The Morgan fingerprint density at radius 2 is 2.00 bits per heavy atom. The van der Waals surface area contributed by atoms with E-state index in [1.54, 1.807) is 0 Å². The van der Waals surface area contributed by atoms with Gasteiger partial charge in [0.25, 0.3) is 0 Å². The first-order valence-electron chi connectivity index (χ1n) is 3.37. The lowest BCUT2D eigenvalue weighted by atomic mass is 10.1. The summed E-state index contributed by atoms with van der Waals surface area (Å²) in [5.74, 6) is 0. The summed E-state index contributed by atoms with van der Waals surface area (Å²) in [4.78, 5) is 0. The second-order valence-electron chi connectivity index (χ2n) is 1.96. The molecule has 0 fully saturated rings. The molecule has 0 heterocycles. The fourth-order valence-electron chi connectivity index (χ4n) is 0.780. The zero-order chi connectivity index (χ0) is 6.41. The lowest BCUT2D eigenvalue weighted by molar-refractivity contribution is 0.851. The number of hydrogen-bond donors (Lipinski definition) is 0. The molecule has 0 atom stereocenters. The molecular formula is C8H15. The van der Waals surface area contributed by atoms with E-state index in [0.29, 0.717) is 0 Å². The summed E-state index contributed by atoms with van der Waals surface area (Å²) in [6, 6.07) is 0. The minimum atomic E-state index is 1.17. The van der Waals surface area contributed by atoms with Crippen molar-refractivity contribution in [1.82, 2.24) is 0 Å². The fourth-order valence-corrected chi connectivity index (χ4v) is 0.780. The summed E-state index contributed by atoms with van der Waals surface area (Å²) >= 11 is 0. The molecule has 0 heteroatoms. The zero-order valence-electron chi connectivity index (χ0n) is 6.12. The summed E-state index contributed by atoms with van der Waals surface area (Å²) in [7, 11) is 0. The Morgan fingerprint density at radius 1 is 1.38 bits per heavy atom. The van der Waals surface area contributed by atoms with E-state index < -0.39 is 0 Å². The third kappa shape index (κ3) is 2.84. The highest BCUT2D eigenvalue weighted by molar-refractivity contribution is 4.93. The third-order valence-corrected chi connectivity index (χ3v) is 1.33. The van der Waals surface area contributed by atoms with Gasteiger partial charge in [-0.1, -0.05) is 25.8 Å². The first kappa shape index (κ1) is 7.74. The van der Waals surface area contributed by atoms with Gasteiger partial charge in [-0.15, -0.1) is 0 Å². The number of allylic oxidation sites excluding steroid dienone is 2. The van der Waals surface area contributed by atoms with Crippen molar-refractivity contribution in [3.05, 3.63) is 11.6 Å². The van der Waals surface area contributed by atoms with Gasteiger partial charge in [0.05, 0.1) is 0 Å². The lowest BCUT2D eigenvalue weighted by Gasteiger charge is -1.96. The van der Waals surface area contributed by atoms with Gasteiger partial charge in [-0.3, -0.25) is 0 Å². The van der Waals surface area contributed by atoms with E-state index in [0.717, 1.165) is 0 Å². The van der Waals surface area contributed by atoms with E-state index >= 15 is 0 Å². The van der Waals surface area contributed by atoms with Crippen LogP contribution in [0.25, 0.3) is 0 Å². The van der Waals surface area contributed by atoms with Crippen molar-refractivity contribution in [2.75, 3.05) is 0 Å². The van der Waals surface area contributed by atoms with Gasteiger partial charge >= 0.3 is 0 Å². The summed E-state index contributed by atoms with van der Waals surface area (Å²) in [6.45, 7) is 6.38. The predicted octanol–water partition coefficient (Wildman–Crippen LogP) is 2.95. The Hall–Kier alpha value is -0.260. The molecule has 0 amide bonds. The van der Waals surface area contributed by atoms with Crippen LogP contribution in [0.1, 0.15) is 40.0 Å². The van der Waals surface area contributed by atoms with Crippen LogP contribution < -0.4 is 0 Å². The molecule has 0 aromatic carbocycles. The SMILES string of the molecule is C/[C]=C(\CC)CCC. The summed E-state index contributed by atoms with van der Waals surface area (Å²) in [5.41, 5.74) is 1.47. The molecule has 0 unspecified atom stereocenters. The van der Waals surface area contributed by atoms with E-state index in [2.05, 4.69) is 19.9 Å². The highest BCUT2D eigenvalue weighted by Crippen LogP contribution is 2.06. The van der Waals surface area contributed by atoms with Crippen molar-refractivity contribution >= 4 is 0 Å². The van der Waals surface area contributed by atoms with E-state index in [-0.39, 0.29) is 0 Å². The fraction of sp³-hybridized carbons (Fsp3) is 0.750. The summed E-state index contributed by atoms with van der Waals surface area (Å²) < 4.78 is 0. The van der Waals surface area contributed by atoms with Crippen LogP contribution in [-0.4, -0.2) is 0 Å². The van der Waals surface area contributed by atoms with E-state index in [9.17, 15) is 0 Å². The molecule has 0 spiro atoms. The van der Waals surface area contributed by atoms with Crippen LogP contribution in [0.3, 0.4) is 0 Å². The van der Waals surface area contributed by atoms with Gasteiger partial charge in [0.15, 0.2) is 0 Å². The van der Waals surface area contributed by atoms with Crippen molar-refractivity contribution in [1.29, 1.82) is 0 Å². The molecule has 47 valence electrons. The average molecular weight is 111 g/mol. The zero-order valence-corrected chi connectivity index (χ0v) is 6.12. The molecule has 0 bridgehead atoms. The number of hydrogen-bond acceptors (Lipinski definition) is 0. The topological polar surface area (TPSA) is 0 Å². The molecule has 0 saturated heterocycles. The molecule has 0 saturated carbocycles. The molecular weight excluding hydrogens is 96.1 g/mol. The van der Waals surface area contributed by atoms with Crippen molar-refractivity contribution in [2.45, 2.75) is 40.0 Å². The second kappa shape index (κ2) is 4.89. The van der Waals surface area contributed by atoms with Gasteiger partial charge in [-0.2, -0.15) is 0 Å². The monoisotopic (exact) mass is 111 g/mol. The smallest absolute Gasteiger partial charge is 0.0317 e. The van der Waals surface area contributed by atoms with Gasteiger partial charge in [-0.05, 0) is 25.8 Å². The first-order valence-corrected chi connectivity index (χ1v) is 3.37. The van der Waals surface area contributed by atoms with Crippen molar-refractivity contribution < 1.29 is 0 Å².